The number of methoxy groups -OCH3 is 1. The molecule has 0 spiro atoms. The van der Waals surface area contributed by atoms with E-state index in [2.05, 4.69) is 20.0 Å². The monoisotopic (exact) mass is 341 g/mol. The Bertz CT molecular complexity index is 724. The third-order valence-corrected chi connectivity index (χ3v) is 3.60. The fourth-order valence-electron chi connectivity index (χ4n) is 2.13. The van der Waals surface area contributed by atoms with Gasteiger partial charge in [-0.05, 0) is 12.8 Å². The molecule has 0 radical (unpaired) electrons. The molecule has 1 aromatic carbocycles. The van der Waals surface area contributed by atoms with Gasteiger partial charge in [0.1, 0.15) is 0 Å². The number of hydrogen-bond donors (Lipinski definition) is 1. The first kappa shape index (κ1) is 16.4. The minimum Gasteiger partial charge on any atom is -0.357 e. The number of halogens is 3. The van der Waals surface area contributed by atoms with Crippen molar-refractivity contribution in [2.75, 3.05) is 7.11 Å². The summed E-state index contributed by atoms with van der Waals surface area (Å²) in [6, 6.07) is 6.33. The van der Waals surface area contributed by atoms with Crippen LogP contribution in [0.2, 0.25) is 0 Å². The normalized spacial score (nSPS) is 16.0. The Morgan fingerprint density at radius 3 is 2.50 bits per heavy atom. The average molecular weight is 341 g/mol. The predicted molar refractivity (Wildman–Crippen MR) is 75.4 cm³/mol. The smallest absolute Gasteiger partial charge is 0.357 e. The summed E-state index contributed by atoms with van der Waals surface area (Å²) in [5.41, 5.74) is 1.02. The third kappa shape index (κ3) is 3.56. The summed E-state index contributed by atoms with van der Waals surface area (Å²) in [7, 11) is 1.46. The Balaban J connectivity index is 1.74. The molecule has 1 aliphatic rings. The van der Waals surface area contributed by atoms with Crippen molar-refractivity contribution in [3.8, 4) is 11.4 Å². The van der Waals surface area contributed by atoms with Crippen LogP contribution < -0.4 is 5.32 Å². The topological polar surface area (TPSA) is 77.2 Å². The van der Waals surface area contributed by atoms with Gasteiger partial charge in [-0.2, -0.15) is 18.2 Å². The molecule has 1 saturated carbocycles. The summed E-state index contributed by atoms with van der Waals surface area (Å²) in [5, 5.41) is 6.09. The first-order valence-corrected chi connectivity index (χ1v) is 7.23. The lowest BCUT2D eigenvalue weighted by Crippen LogP contribution is -2.30. The van der Waals surface area contributed by atoms with Crippen LogP contribution in [-0.2, 0) is 15.7 Å². The number of hydrogen-bond acceptors (Lipinski definition) is 5. The third-order valence-electron chi connectivity index (χ3n) is 3.60. The first-order valence-electron chi connectivity index (χ1n) is 7.23. The SMILES string of the molecule is COC(NC(=O)C1CC1)c1ccc(-c2noc(C(F)(F)F)n2)cc1. The largest absolute Gasteiger partial charge is 0.471 e. The highest BCUT2D eigenvalue weighted by Gasteiger charge is 2.38. The zero-order valence-corrected chi connectivity index (χ0v) is 12.6. The standard InChI is InChI=1S/C15H14F3N3O3/c1-23-13(20-12(22)9-4-5-9)10-6-2-8(3-7-10)11-19-14(24-21-11)15(16,17)18/h2-3,6-7,9,13H,4-5H2,1H3,(H,20,22). The van der Waals surface area contributed by atoms with E-state index in [4.69, 9.17) is 4.74 Å². The Morgan fingerprint density at radius 2 is 2.00 bits per heavy atom. The van der Waals surface area contributed by atoms with Crippen LogP contribution in [0.3, 0.4) is 0 Å². The van der Waals surface area contributed by atoms with Crippen LogP contribution in [0, 0.1) is 5.92 Å². The van der Waals surface area contributed by atoms with E-state index in [9.17, 15) is 18.0 Å². The van der Waals surface area contributed by atoms with E-state index in [-0.39, 0.29) is 17.6 Å². The summed E-state index contributed by atoms with van der Waals surface area (Å²) in [5.74, 6) is -1.58. The Hall–Kier alpha value is -2.42. The lowest BCUT2D eigenvalue weighted by atomic mass is 10.1. The van der Waals surface area contributed by atoms with Crippen LogP contribution in [0.1, 0.15) is 30.5 Å². The van der Waals surface area contributed by atoms with E-state index in [1.54, 1.807) is 12.1 Å². The second kappa shape index (κ2) is 6.23. The number of aromatic nitrogens is 2. The van der Waals surface area contributed by atoms with E-state index in [0.717, 1.165) is 12.8 Å². The maximum atomic E-state index is 12.5. The molecular formula is C15H14F3N3O3. The highest BCUT2D eigenvalue weighted by atomic mass is 19.4. The number of rotatable bonds is 5. The van der Waals surface area contributed by atoms with Crippen LogP contribution in [0.5, 0.6) is 0 Å². The molecule has 1 N–H and O–H groups in total. The van der Waals surface area contributed by atoms with Crippen molar-refractivity contribution in [1.29, 1.82) is 0 Å². The number of nitrogens with zero attached hydrogens (tertiary/aromatic N) is 2. The number of alkyl halides is 3. The molecule has 1 heterocycles. The second-order valence-corrected chi connectivity index (χ2v) is 5.44. The van der Waals surface area contributed by atoms with Gasteiger partial charge in [-0.25, -0.2) is 0 Å². The number of carbonyl (C=O) groups is 1. The van der Waals surface area contributed by atoms with Crippen molar-refractivity contribution in [3.05, 3.63) is 35.7 Å². The van der Waals surface area contributed by atoms with Gasteiger partial charge in [0, 0.05) is 24.2 Å². The molecule has 0 aliphatic heterocycles. The minimum absolute atomic E-state index is 0.0436. The van der Waals surface area contributed by atoms with Crippen LogP contribution in [-0.4, -0.2) is 23.2 Å². The Morgan fingerprint density at radius 1 is 1.33 bits per heavy atom. The summed E-state index contributed by atoms with van der Waals surface area (Å²) in [4.78, 5) is 15.1. The zero-order valence-electron chi connectivity index (χ0n) is 12.6. The van der Waals surface area contributed by atoms with Gasteiger partial charge < -0.3 is 14.6 Å². The van der Waals surface area contributed by atoms with Crippen LogP contribution in [0.25, 0.3) is 11.4 Å². The highest BCUT2D eigenvalue weighted by Crippen LogP contribution is 2.31. The first-order chi connectivity index (χ1) is 11.4. The summed E-state index contributed by atoms with van der Waals surface area (Å²) >= 11 is 0. The van der Waals surface area contributed by atoms with Crippen LogP contribution >= 0.6 is 0 Å². The molecule has 1 atom stereocenters. The summed E-state index contributed by atoms with van der Waals surface area (Å²) in [6.45, 7) is 0. The number of nitrogens with one attached hydrogen (secondary N) is 1. The molecular weight excluding hydrogens is 327 g/mol. The van der Waals surface area contributed by atoms with E-state index in [1.165, 1.54) is 19.2 Å². The average Bonchev–Trinajstić information content (AvgIpc) is 3.28. The van der Waals surface area contributed by atoms with Crippen LogP contribution in [0.4, 0.5) is 13.2 Å². The molecule has 24 heavy (non-hydrogen) atoms. The van der Waals surface area contributed by atoms with Gasteiger partial charge in [0.25, 0.3) is 0 Å². The van der Waals surface area contributed by atoms with Crippen molar-refractivity contribution < 1.29 is 27.2 Å². The van der Waals surface area contributed by atoms with Crippen molar-refractivity contribution >= 4 is 5.91 Å². The minimum atomic E-state index is -4.68. The van der Waals surface area contributed by atoms with Crippen LogP contribution in [0.15, 0.2) is 28.8 Å². The van der Waals surface area contributed by atoms with E-state index < -0.39 is 18.3 Å². The van der Waals surface area contributed by atoms with Gasteiger partial charge in [0.2, 0.25) is 11.7 Å². The fraction of sp³-hybridized carbons (Fsp3) is 0.400. The van der Waals surface area contributed by atoms with Crippen molar-refractivity contribution in [2.45, 2.75) is 25.2 Å². The molecule has 1 fully saturated rings. The maximum Gasteiger partial charge on any atom is 0.471 e. The number of ether oxygens (including phenoxy) is 1. The quantitative estimate of drug-likeness (QED) is 0.846. The van der Waals surface area contributed by atoms with Crippen molar-refractivity contribution in [3.63, 3.8) is 0 Å². The lowest BCUT2D eigenvalue weighted by molar-refractivity contribution is -0.159. The van der Waals surface area contributed by atoms with E-state index in [0.29, 0.717) is 11.1 Å². The number of benzene rings is 1. The molecule has 1 aliphatic carbocycles. The molecule has 2 aromatic rings. The van der Waals surface area contributed by atoms with Gasteiger partial charge >= 0.3 is 12.1 Å². The van der Waals surface area contributed by atoms with E-state index >= 15 is 0 Å². The lowest BCUT2D eigenvalue weighted by Gasteiger charge is -2.17. The molecule has 0 bridgehead atoms. The fourth-order valence-corrected chi connectivity index (χ4v) is 2.13. The molecule has 9 heteroatoms. The summed E-state index contributed by atoms with van der Waals surface area (Å²) < 4.78 is 46.9. The maximum absolute atomic E-state index is 12.5. The Labute approximate surface area is 135 Å². The molecule has 1 unspecified atom stereocenters. The van der Waals surface area contributed by atoms with Gasteiger partial charge in [-0.3, -0.25) is 4.79 Å². The molecule has 6 nitrogen and oxygen atoms in total. The molecule has 1 amide bonds. The number of amides is 1. The van der Waals surface area contributed by atoms with Gasteiger partial charge in [0.15, 0.2) is 6.23 Å². The Kier molecular flexibility index (Phi) is 4.27. The van der Waals surface area contributed by atoms with E-state index in [1.807, 2.05) is 0 Å². The van der Waals surface area contributed by atoms with Crippen molar-refractivity contribution in [2.24, 2.45) is 5.92 Å². The molecule has 128 valence electrons. The predicted octanol–water partition coefficient (Wildman–Crippen LogP) is 2.93. The highest BCUT2D eigenvalue weighted by molar-refractivity contribution is 5.81. The zero-order chi connectivity index (χ0) is 17.3. The van der Waals surface area contributed by atoms with Gasteiger partial charge in [-0.15, -0.1) is 0 Å². The molecule has 3 rings (SSSR count). The molecule has 1 aromatic heterocycles. The van der Waals surface area contributed by atoms with Gasteiger partial charge in [-0.1, -0.05) is 29.4 Å². The van der Waals surface area contributed by atoms with Gasteiger partial charge in [0.05, 0.1) is 0 Å². The van der Waals surface area contributed by atoms with Crippen molar-refractivity contribution in [1.82, 2.24) is 15.5 Å². The summed E-state index contributed by atoms with van der Waals surface area (Å²) in [6.07, 6.45) is -3.55. The number of carbonyl (C=O) groups excluding carboxylic acids is 1. The second-order valence-electron chi connectivity index (χ2n) is 5.44. The molecule has 0 saturated heterocycles.